The highest BCUT2D eigenvalue weighted by atomic mass is 19.1. The molecule has 2 aromatic carbocycles. The highest BCUT2D eigenvalue weighted by molar-refractivity contribution is 6.04. The molecule has 150 valence electrons. The minimum absolute atomic E-state index is 0.0728. The first-order chi connectivity index (χ1) is 14.0. The zero-order valence-electron chi connectivity index (χ0n) is 15.8. The lowest BCUT2D eigenvalue weighted by molar-refractivity contribution is -0.140. The molecule has 0 saturated heterocycles. The number of hydrogen-bond acceptors (Lipinski definition) is 4. The van der Waals surface area contributed by atoms with E-state index in [-0.39, 0.29) is 23.8 Å². The molecular formula is C22H21F2N3O2. The fourth-order valence-electron chi connectivity index (χ4n) is 4.37. The van der Waals surface area contributed by atoms with Crippen LogP contribution in [0.25, 0.3) is 0 Å². The second-order valence-electron chi connectivity index (χ2n) is 7.99. The second-order valence-corrected chi connectivity index (χ2v) is 7.99. The molecule has 5 nitrogen and oxygen atoms in total. The molecule has 29 heavy (non-hydrogen) atoms. The highest BCUT2D eigenvalue weighted by Crippen LogP contribution is 2.49. The van der Waals surface area contributed by atoms with E-state index >= 15 is 0 Å². The van der Waals surface area contributed by atoms with Crippen molar-refractivity contribution in [3.63, 3.8) is 0 Å². The Balaban J connectivity index is 1.63. The first kappa shape index (κ1) is 18.2. The third-order valence-corrected chi connectivity index (χ3v) is 6.11. The first-order valence-corrected chi connectivity index (χ1v) is 9.84. The number of amides is 1. The van der Waals surface area contributed by atoms with E-state index in [1.165, 1.54) is 5.01 Å². The SMILES string of the molecule is NC(C(=O)N1N=C(c2cc(F)ccc2F)CC12CCOc1ccccc12)C1CC1. The van der Waals surface area contributed by atoms with Crippen LogP contribution in [0.15, 0.2) is 47.6 Å². The van der Waals surface area contributed by atoms with Crippen molar-refractivity contribution < 1.29 is 18.3 Å². The molecule has 3 aliphatic rings. The molecule has 0 aromatic heterocycles. The van der Waals surface area contributed by atoms with E-state index in [1.54, 1.807) is 0 Å². The average molecular weight is 397 g/mol. The summed E-state index contributed by atoms with van der Waals surface area (Å²) < 4.78 is 34.1. The van der Waals surface area contributed by atoms with Crippen LogP contribution in [-0.4, -0.2) is 29.3 Å². The van der Waals surface area contributed by atoms with Crippen LogP contribution in [0.4, 0.5) is 8.78 Å². The highest BCUT2D eigenvalue weighted by Gasteiger charge is 2.52. The lowest BCUT2D eigenvalue weighted by Crippen LogP contribution is -2.52. The van der Waals surface area contributed by atoms with E-state index in [4.69, 9.17) is 10.5 Å². The van der Waals surface area contributed by atoms with Crippen molar-refractivity contribution in [2.75, 3.05) is 6.61 Å². The number of ether oxygens (including phenoxy) is 1. The van der Waals surface area contributed by atoms with Gasteiger partial charge in [0, 0.05) is 24.0 Å². The fourth-order valence-corrected chi connectivity index (χ4v) is 4.37. The van der Waals surface area contributed by atoms with Crippen LogP contribution >= 0.6 is 0 Å². The first-order valence-electron chi connectivity index (χ1n) is 9.84. The molecule has 2 heterocycles. The van der Waals surface area contributed by atoms with Gasteiger partial charge in [-0.25, -0.2) is 13.8 Å². The number of halogens is 2. The summed E-state index contributed by atoms with van der Waals surface area (Å²) >= 11 is 0. The van der Waals surface area contributed by atoms with Crippen molar-refractivity contribution in [1.82, 2.24) is 5.01 Å². The summed E-state index contributed by atoms with van der Waals surface area (Å²) in [6.45, 7) is 0.397. The molecule has 2 atom stereocenters. The van der Waals surface area contributed by atoms with Crippen LogP contribution in [0, 0.1) is 17.6 Å². The van der Waals surface area contributed by atoms with Crippen LogP contribution in [0.1, 0.15) is 36.8 Å². The van der Waals surface area contributed by atoms with Gasteiger partial charge >= 0.3 is 0 Å². The van der Waals surface area contributed by atoms with Crippen LogP contribution in [0.2, 0.25) is 0 Å². The molecule has 5 rings (SSSR count). The smallest absolute Gasteiger partial charge is 0.260 e. The van der Waals surface area contributed by atoms with Crippen LogP contribution in [-0.2, 0) is 10.3 Å². The van der Waals surface area contributed by atoms with Gasteiger partial charge < -0.3 is 10.5 Å². The Kier molecular flexibility index (Phi) is 4.17. The van der Waals surface area contributed by atoms with Crippen molar-refractivity contribution in [1.29, 1.82) is 0 Å². The summed E-state index contributed by atoms with van der Waals surface area (Å²) in [5.74, 6) is -0.574. The van der Waals surface area contributed by atoms with E-state index in [9.17, 15) is 13.6 Å². The standard InChI is InChI=1S/C22H21F2N3O2/c23-14-7-8-17(24)15(11-14)18-12-22(9-10-29-19-4-2-1-3-16(19)22)27(26-18)21(28)20(25)13-5-6-13/h1-4,7-8,11,13,20H,5-6,9-10,12,25H2. The molecule has 7 heteroatoms. The number of hydrazone groups is 1. The van der Waals surface area contributed by atoms with E-state index < -0.39 is 23.2 Å². The molecule has 0 radical (unpaired) electrons. The third kappa shape index (κ3) is 2.92. The summed E-state index contributed by atoms with van der Waals surface area (Å²) in [5, 5.41) is 5.95. The largest absolute Gasteiger partial charge is 0.493 e. The molecule has 2 aliphatic heterocycles. The number of hydrogen-bond donors (Lipinski definition) is 1. The zero-order valence-corrected chi connectivity index (χ0v) is 15.8. The number of fused-ring (bicyclic) bond motifs is 2. The summed E-state index contributed by atoms with van der Waals surface area (Å²) in [4.78, 5) is 13.3. The second kappa shape index (κ2) is 6.62. The molecule has 1 saturated carbocycles. The van der Waals surface area contributed by atoms with E-state index in [1.807, 2.05) is 24.3 Å². The Morgan fingerprint density at radius 2 is 2.03 bits per heavy atom. The predicted octanol–water partition coefficient (Wildman–Crippen LogP) is 3.32. The lowest BCUT2D eigenvalue weighted by atomic mass is 9.79. The fraction of sp³-hybridized carbons (Fsp3) is 0.364. The number of carbonyl (C=O) groups excluding carboxylic acids is 1. The number of nitrogens with zero attached hydrogens (tertiary/aromatic N) is 2. The summed E-state index contributed by atoms with van der Waals surface area (Å²) in [6.07, 6.45) is 2.61. The van der Waals surface area contributed by atoms with Gasteiger partial charge in [0.1, 0.15) is 22.9 Å². The molecule has 1 fully saturated rings. The maximum atomic E-state index is 14.5. The molecule has 0 bridgehead atoms. The van der Waals surface area contributed by atoms with Gasteiger partial charge in [-0.3, -0.25) is 4.79 Å². The van der Waals surface area contributed by atoms with E-state index in [2.05, 4.69) is 5.10 Å². The number of rotatable bonds is 3. The molecule has 2 unspecified atom stereocenters. The normalized spacial score (nSPS) is 24.1. The van der Waals surface area contributed by atoms with Crippen LogP contribution in [0.3, 0.4) is 0 Å². The monoisotopic (exact) mass is 397 g/mol. The van der Waals surface area contributed by atoms with Crippen molar-refractivity contribution in [2.45, 2.75) is 37.3 Å². The molecule has 1 amide bonds. The van der Waals surface area contributed by atoms with E-state index in [0.29, 0.717) is 24.5 Å². The Morgan fingerprint density at radius 1 is 1.24 bits per heavy atom. The average Bonchev–Trinajstić information content (AvgIpc) is 3.51. The minimum atomic E-state index is -0.813. The Hall–Kier alpha value is -2.80. The Morgan fingerprint density at radius 3 is 2.83 bits per heavy atom. The quantitative estimate of drug-likeness (QED) is 0.864. The van der Waals surface area contributed by atoms with Crippen molar-refractivity contribution in [3.8, 4) is 5.75 Å². The molecular weight excluding hydrogens is 376 g/mol. The number of nitrogens with two attached hydrogens (primary N) is 1. The molecule has 1 aliphatic carbocycles. The van der Waals surface area contributed by atoms with Crippen molar-refractivity contribution in [3.05, 3.63) is 65.2 Å². The van der Waals surface area contributed by atoms with Gasteiger partial charge in [0.25, 0.3) is 5.91 Å². The Labute approximate surface area is 167 Å². The minimum Gasteiger partial charge on any atom is -0.493 e. The Bertz CT molecular complexity index is 1020. The van der Waals surface area contributed by atoms with Gasteiger partial charge in [-0.1, -0.05) is 18.2 Å². The summed E-state index contributed by atoms with van der Waals surface area (Å²) in [5.41, 5.74) is 6.64. The van der Waals surface area contributed by atoms with Gasteiger partial charge in [-0.05, 0) is 43.0 Å². The molecule has 2 N–H and O–H groups in total. The van der Waals surface area contributed by atoms with Gasteiger partial charge in [-0.15, -0.1) is 0 Å². The van der Waals surface area contributed by atoms with Gasteiger partial charge in [0.15, 0.2) is 0 Å². The maximum absolute atomic E-state index is 14.5. The zero-order chi connectivity index (χ0) is 20.2. The van der Waals surface area contributed by atoms with Gasteiger partial charge in [0.05, 0.1) is 18.4 Å². The van der Waals surface area contributed by atoms with Crippen molar-refractivity contribution >= 4 is 11.6 Å². The predicted molar refractivity (Wildman–Crippen MR) is 103 cm³/mol. The number of benzene rings is 2. The number of carbonyl (C=O) groups is 1. The summed E-state index contributed by atoms with van der Waals surface area (Å²) in [7, 11) is 0. The third-order valence-electron chi connectivity index (χ3n) is 6.11. The lowest BCUT2D eigenvalue weighted by Gasteiger charge is -2.41. The van der Waals surface area contributed by atoms with Gasteiger partial charge in [-0.2, -0.15) is 5.10 Å². The maximum Gasteiger partial charge on any atom is 0.260 e. The van der Waals surface area contributed by atoms with Crippen molar-refractivity contribution in [2.24, 2.45) is 16.8 Å². The van der Waals surface area contributed by atoms with Gasteiger partial charge in [0.2, 0.25) is 0 Å². The summed E-state index contributed by atoms with van der Waals surface area (Å²) in [6, 6.07) is 10.1. The van der Waals surface area contributed by atoms with Crippen LogP contribution in [0.5, 0.6) is 5.75 Å². The topological polar surface area (TPSA) is 67.9 Å². The molecule has 1 spiro atoms. The number of para-hydroxylation sites is 1. The molecule has 2 aromatic rings. The van der Waals surface area contributed by atoms with E-state index in [0.717, 1.165) is 36.6 Å². The van der Waals surface area contributed by atoms with Crippen LogP contribution < -0.4 is 10.5 Å².